The van der Waals surface area contributed by atoms with Crippen molar-refractivity contribution >= 4 is 29.6 Å². The van der Waals surface area contributed by atoms with Crippen molar-refractivity contribution in [2.75, 3.05) is 26.2 Å². The predicted molar refractivity (Wildman–Crippen MR) is 89.4 cm³/mol. The van der Waals surface area contributed by atoms with Gasteiger partial charge in [0.1, 0.15) is 15.8 Å². The third-order valence-electron chi connectivity index (χ3n) is 3.82. The molecule has 0 saturated carbocycles. The molecule has 2 saturated heterocycles. The molecule has 0 atom stereocenters. The van der Waals surface area contributed by atoms with E-state index in [0.29, 0.717) is 5.15 Å². The lowest BCUT2D eigenvalue weighted by molar-refractivity contribution is -0.0812. The van der Waals surface area contributed by atoms with Crippen LogP contribution >= 0.6 is 23.5 Å². The zero-order chi connectivity index (χ0) is 16.8. The number of amides is 1. The van der Waals surface area contributed by atoms with E-state index in [1.165, 1.54) is 0 Å². The fourth-order valence-corrected chi connectivity index (χ4v) is 4.21. The van der Waals surface area contributed by atoms with Gasteiger partial charge in [-0.05, 0) is 39.6 Å². The number of aryl methyl sites for hydroxylation is 1. The van der Waals surface area contributed by atoms with Crippen LogP contribution in [0.1, 0.15) is 26.5 Å². The van der Waals surface area contributed by atoms with Gasteiger partial charge in [-0.2, -0.15) is 0 Å². The van der Waals surface area contributed by atoms with Crippen molar-refractivity contribution in [3.63, 3.8) is 0 Å². The van der Waals surface area contributed by atoms with Crippen LogP contribution in [0.2, 0.25) is 5.15 Å². The van der Waals surface area contributed by atoms with Gasteiger partial charge in [0.25, 0.3) is 0 Å². The first kappa shape index (κ1) is 16.8. The van der Waals surface area contributed by atoms with E-state index in [1.807, 2.05) is 27.7 Å². The van der Waals surface area contributed by atoms with Crippen LogP contribution < -0.4 is 0 Å². The fraction of sp³-hybridized carbons (Fsp3) is 0.667. The van der Waals surface area contributed by atoms with Crippen LogP contribution in [0.15, 0.2) is 11.2 Å². The largest absolute Gasteiger partial charge is 0.444 e. The highest BCUT2D eigenvalue weighted by Crippen LogP contribution is 2.44. The molecule has 0 aliphatic carbocycles. The highest BCUT2D eigenvalue weighted by atomic mass is 35.5. The number of halogens is 1. The quantitative estimate of drug-likeness (QED) is 0.759. The Morgan fingerprint density at radius 3 is 2.57 bits per heavy atom. The topological polar surface area (TPSA) is 58.6 Å². The third-order valence-corrected chi connectivity index (χ3v) is 5.09. The second-order valence-corrected chi connectivity index (χ2v) is 8.78. The first-order valence-corrected chi connectivity index (χ1v) is 8.71. The summed E-state index contributed by atoms with van der Waals surface area (Å²) in [5, 5.41) is 1.30. The summed E-state index contributed by atoms with van der Waals surface area (Å²) in [7, 11) is 0. The molecule has 1 amide bonds. The fourth-order valence-electron chi connectivity index (χ4n) is 2.84. The molecule has 0 bridgehead atoms. The Hall–Kier alpha value is -1.05. The van der Waals surface area contributed by atoms with E-state index in [9.17, 15) is 4.79 Å². The first-order valence-electron chi connectivity index (χ1n) is 7.56. The minimum atomic E-state index is -0.438. The SMILES string of the molecule is Cc1nc(Cl)cnc1SN1CC2(C1)CN(C(=O)OC(C)(C)C)C2. The molecule has 1 aromatic rings. The molecule has 1 spiro atoms. The minimum Gasteiger partial charge on any atom is -0.444 e. The van der Waals surface area contributed by atoms with Crippen LogP contribution in [0, 0.1) is 12.3 Å². The summed E-state index contributed by atoms with van der Waals surface area (Å²) < 4.78 is 7.64. The molecule has 2 aliphatic heterocycles. The Kier molecular flexibility index (Phi) is 4.23. The van der Waals surface area contributed by atoms with Crippen LogP contribution in [0.3, 0.4) is 0 Å². The molecule has 6 nitrogen and oxygen atoms in total. The van der Waals surface area contributed by atoms with Crippen LogP contribution in [-0.2, 0) is 4.74 Å². The third kappa shape index (κ3) is 3.72. The van der Waals surface area contributed by atoms with Gasteiger partial charge in [0.05, 0.1) is 11.9 Å². The van der Waals surface area contributed by atoms with E-state index in [-0.39, 0.29) is 11.5 Å². The summed E-state index contributed by atoms with van der Waals surface area (Å²) in [5.41, 5.74) is 0.622. The number of likely N-dealkylation sites (tertiary alicyclic amines) is 1. The predicted octanol–water partition coefficient (Wildman–Crippen LogP) is 3.00. The van der Waals surface area contributed by atoms with Crippen molar-refractivity contribution < 1.29 is 9.53 Å². The summed E-state index contributed by atoms with van der Waals surface area (Å²) in [6, 6.07) is 0. The van der Waals surface area contributed by atoms with Crippen LogP contribution in [0.5, 0.6) is 0 Å². The molecular weight excluding hydrogens is 336 g/mol. The van der Waals surface area contributed by atoms with E-state index >= 15 is 0 Å². The molecule has 0 N–H and O–H groups in total. The van der Waals surface area contributed by atoms with Crippen LogP contribution in [0.25, 0.3) is 0 Å². The van der Waals surface area contributed by atoms with Gasteiger partial charge in [0.2, 0.25) is 0 Å². The molecule has 3 rings (SSSR count). The molecule has 2 aliphatic rings. The van der Waals surface area contributed by atoms with Gasteiger partial charge in [0.15, 0.2) is 0 Å². The van der Waals surface area contributed by atoms with Crippen molar-refractivity contribution in [1.29, 1.82) is 0 Å². The molecule has 0 unspecified atom stereocenters. The van der Waals surface area contributed by atoms with Gasteiger partial charge >= 0.3 is 6.09 Å². The zero-order valence-electron chi connectivity index (χ0n) is 13.8. The van der Waals surface area contributed by atoms with Gasteiger partial charge < -0.3 is 9.64 Å². The first-order chi connectivity index (χ1) is 10.7. The average Bonchev–Trinajstić information content (AvgIpc) is 2.30. The molecule has 2 fully saturated rings. The summed E-state index contributed by atoms with van der Waals surface area (Å²) in [6.07, 6.45) is 1.36. The maximum Gasteiger partial charge on any atom is 0.410 e. The summed E-state index contributed by atoms with van der Waals surface area (Å²) in [4.78, 5) is 22.3. The Balaban J connectivity index is 1.46. The number of carbonyl (C=O) groups is 1. The Bertz CT molecular complexity index is 620. The number of hydrogen-bond acceptors (Lipinski definition) is 6. The van der Waals surface area contributed by atoms with Crippen molar-refractivity contribution in [3.8, 4) is 0 Å². The molecule has 23 heavy (non-hydrogen) atoms. The second kappa shape index (κ2) is 5.79. The normalized spacial score (nSPS) is 20.1. The minimum absolute atomic E-state index is 0.214. The van der Waals surface area contributed by atoms with Gasteiger partial charge in [0, 0.05) is 31.6 Å². The Labute approximate surface area is 145 Å². The maximum absolute atomic E-state index is 12.0. The van der Waals surface area contributed by atoms with E-state index < -0.39 is 5.60 Å². The lowest BCUT2D eigenvalue weighted by Gasteiger charge is -2.59. The van der Waals surface area contributed by atoms with Gasteiger partial charge in [-0.15, -0.1) is 0 Å². The number of carbonyl (C=O) groups excluding carboxylic acids is 1. The van der Waals surface area contributed by atoms with Crippen molar-refractivity contribution in [2.24, 2.45) is 5.41 Å². The number of ether oxygens (including phenoxy) is 1. The lowest BCUT2D eigenvalue weighted by atomic mass is 9.75. The van der Waals surface area contributed by atoms with Crippen LogP contribution in [-0.4, -0.2) is 57.0 Å². The van der Waals surface area contributed by atoms with E-state index in [1.54, 1.807) is 23.0 Å². The highest BCUT2D eigenvalue weighted by molar-refractivity contribution is 7.97. The molecular formula is C15H21ClN4O2S. The molecule has 1 aromatic heterocycles. The standard InChI is InChI=1S/C15H21ClN4O2S/c1-10-12(17-5-11(16)18-10)23-20-8-15(9-20)6-19(7-15)13(21)22-14(2,3)4/h5H,6-9H2,1-4H3. The van der Waals surface area contributed by atoms with Crippen molar-refractivity contribution in [1.82, 2.24) is 19.2 Å². The molecule has 8 heteroatoms. The van der Waals surface area contributed by atoms with Crippen molar-refractivity contribution in [2.45, 2.75) is 38.3 Å². The molecule has 3 heterocycles. The summed E-state index contributed by atoms with van der Waals surface area (Å²) >= 11 is 7.43. The summed E-state index contributed by atoms with van der Waals surface area (Å²) in [5.74, 6) is 0. The Morgan fingerprint density at radius 1 is 1.35 bits per heavy atom. The number of hydrogen-bond donors (Lipinski definition) is 0. The van der Waals surface area contributed by atoms with Gasteiger partial charge in [-0.25, -0.2) is 19.1 Å². The number of nitrogens with zero attached hydrogens (tertiary/aromatic N) is 4. The molecule has 0 aromatic carbocycles. The highest BCUT2D eigenvalue weighted by Gasteiger charge is 2.54. The van der Waals surface area contributed by atoms with E-state index in [4.69, 9.17) is 16.3 Å². The van der Waals surface area contributed by atoms with Gasteiger partial charge in [-0.3, -0.25) is 0 Å². The number of rotatable bonds is 2. The summed E-state index contributed by atoms with van der Waals surface area (Å²) in [6.45, 7) is 11.0. The van der Waals surface area contributed by atoms with Crippen LogP contribution in [0.4, 0.5) is 4.79 Å². The van der Waals surface area contributed by atoms with Gasteiger partial charge in [-0.1, -0.05) is 11.6 Å². The Morgan fingerprint density at radius 2 is 2.00 bits per heavy atom. The van der Waals surface area contributed by atoms with Crippen molar-refractivity contribution in [3.05, 3.63) is 17.0 Å². The lowest BCUT2D eigenvalue weighted by Crippen LogP contribution is -2.71. The maximum atomic E-state index is 12.0. The molecule has 126 valence electrons. The zero-order valence-corrected chi connectivity index (χ0v) is 15.4. The number of aromatic nitrogens is 2. The molecule has 0 radical (unpaired) electrons. The monoisotopic (exact) mass is 356 g/mol. The second-order valence-electron chi connectivity index (χ2n) is 7.31. The van der Waals surface area contributed by atoms with E-state index in [2.05, 4.69) is 14.3 Å². The smallest absolute Gasteiger partial charge is 0.410 e. The van der Waals surface area contributed by atoms with E-state index in [0.717, 1.165) is 36.9 Å². The average molecular weight is 357 g/mol.